The number of nitrogens with zero attached hydrogens (tertiary/aromatic N) is 3. The van der Waals surface area contributed by atoms with Gasteiger partial charge in [0.15, 0.2) is 0 Å². The maximum atomic E-state index is 9.72. The van der Waals surface area contributed by atoms with E-state index in [1.807, 2.05) is 0 Å². The van der Waals surface area contributed by atoms with Gasteiger partial charge in [-0.1, -0.05) is 18.6 Å². The lowest BCUT2D eigenvalue weighted by Crippen LogP contribution is -2.37. The number of aliphatic hydroxyl groups is 1. The molecular weight excluding hydrogens is 324 g/mol. The van der Waals surface area contributed by atoms with Crippen LogP contribution in [-0.2, 0) is 12.0 Å². The number of hydrogen-bond acceptors (Lipinski definition) is 4. The van der Waals surface area contributed by atoms with Gasteiger partial charge >= 0.3 is 0 Å². The van der Waals surface area contributed by atoms with E-state index >= 15 is 0 Å². The summed E-state index contributed by atoms with van der Waals surface area (Å²) in [5.74, 6) is 1.18. The van der Waals surface area contributed by atoms with Crippen molar-refractivity contribution >= 4 is 11.5 Å². The molecule has 0 unspecified atom stereocenters. The second-order valence-electron chi connectivity index (χ2n) is 8.12. The number of nitrogens with one attached hydrogen (secondary N) is 1. The molecule has 0 spiro atoms. The predicted octanol–water partition coefficient (Wildman–Crippen LogP) is 3.13. The molecule has 5 nitrogen and oxygen atoms in total. The van der Waals surface area contributed by atoms with Crippen molar-refractivity contribution in [1.29, 1.82) is 0 Å². The summed E-state index contributed by atoms with van der Waals surface area (Å²) in [7, 11) is 0. The fraction of sp³-hybridized carbons (Fsp3) is 0.571. The van der Waals surface area contributed by atoms with Gasteiger partial charge in [-0.25, -0.2) is 4.68 Å². The molecule has 2 N–H and O–H groups in total. The molecule has 1 saturated heterocycles. The van der Waals surface area contributed by atoms with Gasteiger partial charge in [0, 0.05) is 43.3 Å². The van der Waals surface area contributed by atoms with Gasteiger partial charge in [0.05, 0.1) is 11.8 Å². The van der Waals surface area contributed by atoms with Crippen molar-refractivity contribution in [3.63, 3.8) is 0 Å². The number of aromatic nitrogens is 2. The Labute approximate surface area is 155 Å². The number of aliphatic hydroxyl groups excluding tert-OH is 1. The molecule has 1 aromatic heterocycles. The fourth-order valence-corrected chi connectivity index (χ4v) is 4.75. The first kappa shape index (κ1) is 16.2. The van der Waals surface area contributed by atoms with Crippen LogP contribution in [0.3, 0.4) is 0 Å². The van der Waals surface area contributed by atoms with Crippen LogP contribution in [-0.4, -0.2) is 40.6 Å². The molecule has 5 heteroatoms. The summed E-state index contributed by atoms with van der Waals surface area (Å²) in [6.45, 7) is 3.98. The van der Waals surface area contributed by atoms with Crippen molar-refractivity contribution in [2.24, 2.45) is 0 Å². The smallest absolute Gasteiger partial charge is 0.124 e. The quantitative estimate of drug-likeness (QED) is 0.891. The monoisotopic (exact) mass is 352 g/mol. The van der Waals surface area contributed by atoms with Crippen molar-refractivity contribution in [3.8, 4) is 0 Å². The van der Waals surface area contributed by atoms with Crippen LogP contribution >= 0.6 is 0 Å². The van der Waals surface area contributed by atoms with Crippen LogP contribution < -0.4 is 10.2 Å². The minimum Gasteiger partial charge on any atom is -0.393 e. The van der Waals surface area contributed by atoms with Crippen LogP contribution in [0.1, 0.15) is 49.8 Å². The molecule has 2 aliphatic heterocycles. The molecule has 1 saturated carbocycles. The highest BCUT2D eigenvalue weighted by Gasteiger charge is 2.43. The van der Waals surface area contributed by atoms with Gasteiger partial charge < -0.3 is 15.3 Å². The summed E-state index contributed by atoms with van der Waals surface area (Å²) in [6.07, 6.45) is 6.45. The lowest BCUT2D eigenvalue weighted by Gasteiger charge is -2.41. The maximum absolute atomic E-state index is 9.72. The van der Waals surface area contributed by atoms with E-state index in [2.05, 4.69) is 45.2 Å². The molecule has 1 aromatic carbocycles. The Morgan fingerprint density at radius 1 is 1.04 bits per heavy atom. The standard InChI is InChI=1S/C21H28N4O/c26-18-7-13-24(14-8-18)17-5-3-16(4-6-17)21(9-1-10-21)19-15-20-22-11-2-12-25(20)23-19/h3-6,15,18,22,26H,1-2,7-14H2. The molecule has 0 amide bonds. The van der Waals surface area contributed by atoms with E-state index in [0.717, 1.165) is 45.4 Å². The van der Waals surface area contributed by atoms with Crippen LogP contribution in [0.15, 0.2) is 30.3 Å². The lowest BCUT2D eigenvalue weighted by molar-refractivity contribution is 0.145. The molecule has 0 radical (unpaired) electrons. The number of anilines is 2. The highest BCUT2D eigenvalue weighted by atomic mass is 16.3. The summed E-state index contributed by atoms with van der Waals surface area (Å²) in [6, 6.07) is 11.4. The Hall–Kier alpha value is -2.01. The highest BCUT2D eigenvalue weighted by molar-refractivity contribution is 5.52. The molecule has 26 heavy (non-hydrogen) atoms. The Balaban J connectivity index is 1.41. The zero-order chi connectivity index (χ0) is 17.6. The highest BCUT2D eigenvalue weighted by Crippen LogP contribution is 2.49. The molecule has 2 aromatic rings. The Morgan fingerprint density at radius 3 is 2.46 bits per heavy atom. The largest absolute Gasteiger partial charge is 0.393 e. The fourth-order valence-electron chi connectivity index (χ4n) is 4.75. The van der Waals surface area contributed by atoms with Crippen molar-refractivity contribution in [2.45, 2.75) is 56.6 Å². The van der Waals surface area contributed by atoms with E-state index < -0.39 is 0 Å². The van der Waals surface area contributed by atoms with E-state index in [1.165, 1.54) is 42.0 Å². The molecule has 5 rings (SSSR count). The zero-order valence-electron chi connectivity index (χ0n) is 15.3. The normalized spacial score (nSPS) is 22.4. The molecule has 1 aliphatic carbocycles. The number of piperidine rings is 1. The summed E-state index contributed by atoms with van der Waals surface area (Å²) >= 11 is 0. The van der Waals surface area contributed by atoms with Gasteiger partial charge in [0.2, 0.25) is 0 Å². The summed E-state index contributed by atoms with van der Waals surface area (Å²) < 4.78 is 2.15. The SMILES string of the molecule is OC1CCN(c2ccc(C3(c4cc5n(n4)CCCN5)CCC3)cc2)CC1. The molecule has 2 fully saturated rings. The van der Waals surface area contributed by atoms with Gasteiger partial charge in [0.25, 0.3) is 0 Å². The summed E-state index contributed by atoms with van der Waals surface area (Å²) in [5, 5.41) is 18.2. The second-order valence-corrected chi connectivity index (χ2v) is 8.12. The first-order valence-corrected chi connectivity index (χ1v) is 10.1. The number of rotatable bonds is 3. The third kappa shape index (κ3) is 2.60. The Bertz CT molecular complexity index is 746. The zero-order valence-corrected chi connectivity index (χ0v) is 15.3. The molecule has 138 valence electrons. The molecule has 0 bridgehead atoms. The predicted molar refractivity (Wildman–Crippen MR) is 104 cm³/mol. The minimum absolute atomic E-state index is 0.0998. The van der Waals surface area contributed by atoms with E-state index in [9.17, 15) is 5.11 Å². The molecule has 3 heterocycles. The molecule has 0 atom stereocenters. The van der Waals surface area contributed by atoms with Gasteiger partial charge in [-0.05, 0) is 49.8 Å². The Morgan fingerprint density at radius 2 is 1.81 bits per heavy atom. The van der Waals surface area contributed by atoms with Crippen LogP contribution in [0.4, 0.5) is 11.5 Å². The maximum Gasteiger partial charge on any atom is 0.124 e. The first-order valence-electron chi connectivity index (χ1n) is 10.1. The van der Waals surface area contributed by atoms with Gasteiger partial charge in [0.1, 0.15) is 5.82 Å². The summed E-state index contributed by atoms with van der Waals surface area (Å²) in [4.78, 5) is 2.39. The van der Waals surface area contributed by atoms with Crippen LogP contribution in [0.5, 0.6) is 0 Å². The van der Waals surface area contributed by atoms with Crippen LogP contribution in [0.25, 0.3) is 0 Å². The van der Waals surface area contributed by atoms with Crippen molar-refractivity contribution in [2.75, 3.05) is 29.9 Å². The van der Waals surface area contributed by atoms with Crippen LogP contribution in [0, 0.1) is 0 Å². The van der Waals surface area contributed by atoms with E-state index in [-0.39, 0.29) is 11.5 Å². The average Bonchev–Trinajstić information content (AvgIpc) is 3.06. The van der Waals surface area contributed by atoms with Crippen LogP contribution in [0.2, 0.25) is 0 Å². The Kier molecular flexibility index (Phi) is 3.92. The van der Waals surface area contributed by atoms with Crippen molar-refractivity contribution < 1.29 is 5.11 Å². The number of aryl methyl sites for hydroxylation is 1. The minimum atomic E-state index is -0.121. The first-order chi connectivity index (χ1) is 12.7. The molecule has 3 aliphatic rings. The topological polar surface area (TPSA) is 53.3 Å². The average molecular weight is 352 g/mol. The van der Waals surface area contributed by atoms with Crippen molar-refractivity contribution in [1.82, 2.24) is 9.78 Å². The number of hydrogen-bond donors (Lipinski definition) is 2. The number of benzene rings is 1. The van der Waals surface area contributed by atoms with Gasteiger partial charge in [-0.2, -0.15) is 5.10 Å². The van der Waals surface area contributed by atoms with E-state index in [0.29, 0.717) is 0 Å². The van der Waals surface area contributed by atoms with Crippen molar-refractivity contribution in [3.05, 3.63) is 41.6 Å². The van der Waals surface area contributed by atoms with Gasteiger partial charge in [-0.15, -0.1) is 0 Å². The second kappa shape index (κ2) is 6.31. The third-order valence-electron chi connectivity index (χ3n) is 6.58. The third-order valence-corrected chi connectivity index (χ3v) is 6.58. The molecular formula is C21H28N4O. The van der Waals surface area contributed by atoms with E-state index in [1.54, 1.807) is 0 Å². The van der Waals surface area contributed by atoms with E-state index in [4.69, 9.17) is 5.10 Å². The lowest BCUT2D eigenvalue weighted by atomic mass is 9.62. The number of fused-ring (bicyclic) bond motifs is 1. The van der Waals surface area contributed by atoms with Gasteiger partial charge in [-0.3, -0.25) is 0 Å². The summed E-state index contributed by atoms with van der Waals surface area (Å²) in [5.41, 5.74) is 4.02.